The van der Waals surface area contributed by atoms with Crippen LogP contribution in [-0.4, -0.2) is 21.3 Å². The lowest BCUT2D eigenvalue weighted by Crippen LogP contribution is -2.29. The van der Waals surface area contributed by atoms with Crippen molar-refractivity contribution < 1.29 is 8.42 Å². The molecule has 0 spiro atoms. The second-order valence-electron chi connectivity index (χ2n) is 7.52. The van der Waals surface area contributed by atoms with Crippen molar-refractivity contribution >= 4 is 32.3 Å². The quantitative estimate of drug-likeness (QED) is 0.306. The van der Waals surface area contributed by atoms with Gasteiger partial charge in [-0.05, 0) is 36.1 Å². The lowest BCUT2D eigenvalue weighted by molar-refractivity contribution is 0.598. The normalized spacial score (nSPS) is 12.1. The molecule has 0 heterocycles. The standard InChI is InChI=1S/C26H24N2O2S/c1-20-15-17-23(18-16-20)31(29,30)27-26(19-21-9-4-3-5-10-21)28(2)25-14-8-12-22-11-6-7-13-24(22)25/h3-18H,19H2,1-2H3/b27-26+. The maximum Gasteiger partial charge on any atom is 0.283 e. The molecule has 0 fully saturated rings. The van der Waals surface area contributed by atoms with Crippen LogP contribution in [0.4, 0.5) is 5.69 Å². The predicted octanol–water partition coefficient (Wildman–Crippen LogP) is 5.61. The van der Waals surface area contributed by atoms with Crippen LogP contribution in [0.2, 0.25) is 0 Å². The summed E-state index contributed by atoms with van der Waals surface area (Å²) < 4.78 is 30.6. The van der Waals surface area contributed by atoms with Gasteiger partial charge < -0.3 is 4.90 Å². The first-order valence-electron chi connectivity index (χ1n) is 10.1. The number of sulfonamides is 1. The highest BCUT2D eigenvalue weighted by molar-refractivity contribution is 7.90. The van der Waals surface area contributed by atoms with Gasteiger partial charge in [0, 0.05) is 24.5 Å². The van der Waals surface area contributed by atoms with Gasteiger partial charge in [0.05, 0.1) is 4.90 Å². The Morgan fingerprint density at radius 3 is 2.19 bits per heavy atom. The highest BCUT2D eigenvalue weighted by Gasteiger charge is 2.19. The van der Waals surface area contributed by atoms with Crippen molar-refractivity contribution in [1.29, 1.82) is 0 Å². The summed E-state index contributed by atoms with van der Waals surface area (Å²) in [5.41, 5.74) is 2.90. The third kappa shape index (κ3) is 4.67. The monoisotopic (exact) mass is 428 g/mol. The van der Waals surface area contributed by atoms with Crippen molar-refractivity contribution in [2.24, 2.45) is 4.40 Å². The van der Waals surface area contributed by atoms with Crippen molar-refractivity contribution in [2.45, 2.75) is 18.2 Å². The van der Waals surface area contributed by atoms with Crippen molar-refractivity contribution in [3.63, 3.8) is 0 Å². The average Bonchev–Trinajstić information content (AvgIpc) is 2.78. The van der Waals surface area contributed by atoms with Gasteiger partial charge in [0.2, 0.25) is 0 Å². The maximum atomic E-state index is 13.1. The Hall–Kier alpha value is -3.44. The van der Waals surface area contributed by atoms with Crippen LogP contribution in [0.5, 0.6) is 0 Å². The van der Waals surface area contributed by atoms with E-state index in [0.717, 1.165) is 27.6 Å². The molecule has 0 aromatic heterocycles. The van der Waals surface area contributed by atoms with Gasteiger partial charge in [0.25, 0.3) is 10.0 Å². The molecule has 5 heteroatoms. The molecular formula is C26H24N2O2S. The van der Waals surface area contributed by atoms with E-state index in [0.29, 0.717) is 12.3 Å². The minimum atomic E-state index is -3.86. The molecular weight excluding hydrogens is 404 g/mol. The Kier molecular flexibility index (Phi) is 5.87. The predicted molar refractivity (Wildman–Crippen MR) is 128 cm³/mol. The fourth-order valence-electron chi connectivity index (χ4n) is 3.53. The first kappa shape index (κ1) is 20.8. The smallest absolute Gasteiger partial charge is 0.283 e. The van der Waals surface area contributed by atoms with E-state index >= 15 is 0 Å². The molecule has 4 aromatic carbocycles. The summed E-state index contributed by atoms with van der Waals surface area (Å²) in [4.78, 5) is 2.07. The molecule has 0 unspecified atom stereocenters. The van der Waals surface area contributed by atoms with Gasteiger partial charge in [0.1, 0.15) is 5.84 Å². The zero-order valence-corrected chi connectivity index (χ0v) is 18.4. The molecule has 4 rings (SSSR count). The molecule has 0 aliphatic heterocycles. The molecule has 4 aromatic rings. The molecule has 0 atom stereocenters. The van der Waals surface area contributed by atoms with E-state index in [1.54, 1.807) is 24.3 Å². The Balaban J connectivity index is 1.82. The van der Waals surface area contributed by atoms with E-state index in [1.807, 2.05) is 91.7 Å². The Morgan fingerprint density at radius 2 is 1.45 bits per heavy atom. The van der Waals surface area contributed by atoms with E-state index in [2.05, 4.69) is 4.40 Å². The fourth-order valence-corrected chi connectivity index (χ4v) is 4.58. The highest BCUT2D eigenvalue weighted by atomic mass is 32.2. The number of likely N-dealkylation sites (N-methyl/N-ethyl adjacent to an activating group) is 1. The van der Waals surface area contributed by atoms with Crippen LogP contribution in [0.25, 0.3) is 10.8 Å². The van der Waals surface area contributed by atoms with Gasteiger partial charge in [-0.3, -0.25) is 0 Å². The third-order valence-electron chi connectivity index (χ3n) is 5.26. The summed E-state index contributed by atoms with van der Waals surface area (Å²) in [6, 6.07) is 30.6. The van der Waals surface area contributed by atoms with Gasteiger partial charge in [-0.25, -0.2) is 0 Å². The van der Waals surface area contributed by atoms with Gasteiger partial charge in [0.15, 0.2) is 0 Å². The lowest BCUT2D eigenvalue weighted by Gasteiger charge is -2.23. The van der Waals surface area contributed by atoms with E-state index in [1.165, 1.54) is 0 Å². The molecule has 31 heavy (non-hydrogen) atoms. The average molecular weight is 429 g/mol. The van der Waals surface area contributed by atoms with Crippen LogP contribution in [0.15, 0.2) is 106 Å². The van der Waals surface area contributed by atoms with E-state index in [4.69, 9.17) is 0 Å². The zero-order chi connectivity index (χ0) is 21.8. The zero-order valence-electron chi connectivity index (χ0n) is 17.6. The van der Waals surface area contributed by atoms with Crippen LogP contribution < -0.4 is 4.90 Å². The van der Waals surface area contributed by atoms with Crippen LogP contribution in [0.3, 0.4) is 0 Å². The summed E-state index contributed by atoms with van der Waals surface area (Å²) in [6.07, 6.45) is 0.394. The van der Waals surface area contributed by atoms with Crippen LogP contribution in [-0.2, 0) is 16.4 Å². The van der Waals surface area contributed by atoms with Gasteiger partial charge >= 0.3 is 0 Å². The summed E-state index contributed by atoms with van der Waals surface area (Å²) in [6.45, 7) is 1.93. The van der Waals surface area contributed by atoms with Crippen LogP contribution in [0.1, 0.15) is 11.1 Å². The maximum absolute atomic E-state index is 13.1. The molecule has 0 radical (unpaired) electrons. The Morgan fingerprint density at radius 1 is 0.806 bits per heavy atom. The lowest BCUT2D eigenvalue weighted by atomic mass is 10.1. The molecule has 0 saturated heterocycles. The number of rotatable bonds is 5. The van der Waals surface area contributed by atoms with Gasteiger partial charge in [-0.15, -0.1) is 4.40 Å². The summed E-state index contributed by atoms with van der Waals surface area (Å²) in [5.74, 6) is 0.461. The van der Waals surface area contributed by atoms with E-state index in [9.17, 15) is 8.42 Å². The van der Waals surface area contributed by atoms with E-state index in [-0.39, 0.29) is 4.90 Å². The second kappa shape index (κ2) is 8.74. The minimum Gasteiger partial charge on any atom is -0.331 e. The molecule has 0 aliphatic rings. The third-order valence-corrected chi connectivity index (χ3v) is 6.58. The molecule has 0 saturated carbocycles. The Bertz CT molecular complexity index is 1320. The number of amidine groups is 1. The van der Waals surface area contributed by atoms with Crippen molar-refractivity contribution in [2.75, 3.05) is 11.9 Å². The highest BCUT2D eigenvalue weighted by Crippen LogP contribution is 2.27. The van der Waals surface area contributed by atoms with Crippen molar-refractivity contribution in [1.82, 2.24) is 0 Å². The Labute approximate surface area is 183 Å². The topological polar surface area (TPSA) is 49.7 Å². The first-order chi connectivity index (χ1) is 14.9. The van der Waals surface area contributed by atoms with Gasteiger partial charge in [-0.1, -0.05) is 84.4 Å². The SMILES string of the molecule is Cc1ccc(S(=O)(=O)/N=C(\Cc2ccccc2)N(C)c2cccc3ccccc23)cc1. The number of anilines is 1. The molecule has 4 nitrogen and oxygen atoms in total. The summed E-state index contributed by atoms with van der Waals surface area (Å²) in [5, 5.41) is 2.13. The first-order valence-corrected chi connectivity index (χ1v) is 11.5. The van der Waals surface area contributed by atoms with Crippen LogP contribution >= 0.6 is 0 Å². The number of fused-ring (bicyclic) bond motifs is 1. The summed E-state index contributed by atoms with van der Waals surface area (Å²) in [7, 11) is -1.99. The molecule has 0 N–H and O–H groups in total. The molecule has 0 bridgehead atoms. The number of nitrogens with zero attached hydrogens (tertiary/aromatic N) is 2. The fraction of sp³-hybridized carbons (Fsp3) is 0.115. The number of benzene rings is 4. The largest absolute Gasteiger partial charge is 0.331 e. The second-order valence-corrected chi connectivity index (χ2v) is 9.12. The van der Waals surface area contributed by atoms with Crippen LogP contribution in [0, 0.1) is 6.92 Å². The van der Waals surface area contributed by atoms with E-state index < -0.39 is 10.0 Å². The summed E-state index contributed by atoms with van der Waals surface area (Å²) >= 11 is 0. The van der Waals surface area contributed by atoms with Crippen molar-refractivity contribution in [3.05, 3.63) is 108 Å². The number of aryl methyl sites for hydroxylation is 1. The van der Waals surface area contributed by atoms with Crippen molar-refractivity contribution in [3.8, 4) is 0 Å². The minimum absolute atomic E-state index is 0.190. The van der Waals surface area contributed by atoms with Gasteiger partial charge in [-0.2, -0.15) is 8.42 Å². The number of hydrogen-bond acceptors (Lipinski definition) is 2. The molecule has 156 valence electrons. The molecule has 0 aliphatic carbocycles. The molecule has 0 amide bonds. The number of hydrogen-bond donors (Lipinski definition) is 0.